The zero-order chi connectivity index (χ0) is 11.5. The summed E-state index contributed by atoms with van der Waals surface area (Å²) < 4.78 is 30.8. The van der Waals surface area contributed by atoms with Crippen LogP contribution in [-0.4, -0.2) is 13.0 Å². The largest absolute Gasteiger partial charge is 0.294 e. The Hall–Kier alpha value is -1.56. The maximum atomic E-state index is 10.9. The third kappa shape index (κ3) is 2.95. The van der Waals surface area contributed by atoms with Crippen LogP contribution in [0.5, 0.6) is 0 Å². The molecule has 0 radical (unpaired) electrons. The van der Waals surface area contributed by atoms with Crippen molar-refractivity contribution in [3.8, 4) is 0 Å². The molecular formula is C8H9N3O3S. The normalized spacial score (nSPS) is 10.8. The lowest BCUT2D eigenvalue weighted by Crippen LogP contribution is -2.02. The predicted molar refractivity (Wildman–Crippen MR) is 53.8 cm³/mol. The molecule has 0 unspecified atom stereocenters. The van der Waals surface area contributed by atoms with Gasteiger partial charge in [0.15, 0.2) is 0 Å². The van der Waals surface area contributed by atoms with Gasteiger partial charge in [-0.3, -0.25) is 4.55 Å². The van der Waals surface area contributed by atoms with Crippen molar-refractivity contribution in [1.29, 1.82) is 0 Å². The summed E-state index contributed by atoms with van der Waals surface area (Å²) in [6.45, 7) is 1.67. The molecule has 7 heteroatoms. The maximum absolute atomic E-state index is 10.9. The van der Waals surface area contributed by atoms with Crippen LogP contribution >= 0.6 is 0 Å². The number of aryl methyl sites for hydroxylation is 1. The monoisotopic (exact) mass is 227 g/mol. The Kier molecular flexibility index (Phi) is 3.31. The van der Waals surface area contributed by atoms with Crippen LogP contribution in [0.2, 0.25) is 0 Å². The van der Waals surface area contributed by atoms with Crippen molar-refractivity contribution in [3.63, 3.8) is 0 Å². The Morgan fingerprint density at radius 2 is 2.20 bits per heavy atom. The first-order chi connectivity index (χ1) is 6.95. The standard InChI is InChI=1S/C8H9N3O3S/c1-6-2-3-8(15(12,13)14)7(4-6)5-10-11-9/h2-4H,5H2,1H3,(H,12,13,14). The number of benzene rings is 1. The Morgan fingerprint density at radius 3 is 2.73 bits per heavy atom. The maximum Gasteiger partial charge on any atom is 0.294 e. The summed E-state index contributed by atoms with van der Waals surface area (Å²) in [6.07, 6.45) is 0. The number of hydrogen-bond donors (Lipinski definition) is 1. The molecule has 1 aromatic carbocycles. The zero-order valence-electron chi connectivity index (χ0n) is 7.95. The smallest absolute Gasteiger partial charge is 0.282 e. The van der Waals surface area contributed by atoms with Gasteiger partial charge in [0.25, 0.3) is 10.1 Å². The van der Waals surface area contributed by atoms with Crippen molar-refractivity contribution in [2.45, 2.75) is 18.4 Å². The second-order valence-electron chi connectivity index (χ2n) is 2.98. The molecule has 1 rings (SSSR count). The summed E-state index contributed by atoms with van der Waals surface area (Å²) in [5.41, 5.74) is 9.25. The molecule has 15 heavy (non-hydrogen) atoms. The van der Waals surface area contributed by atoms with E-state index >= 15 is 0 Å². The number of azide groups is 1. The lowest BCUT2D eigenvalue weighted by molar-refractivity contribution is 0.482. The molecule has 80 valence electrons. The van der Waals surface area contributed by atoms with Gasteiger partial charge in [0.2, 0.25) is 0 Å². The third-order valence-electron chi connectivity index (χ3n) is 1.80. The van der Waals surface area contributed by atoms with E-state index in [2.05, 4.69) is 10.0 Å². The molecule has 0 aliphatic rings. The summed E-state index contributed by atoms with van der Waals surface area (Å²) in [7, 11) is -4.26. The zero-order valence-corrected chi connectivity index (χ0v) is 8.77. The van der Waals surface area contributed by atoms with Crippen LogP contribution in [0, 0.1) is 6.92 Å². The van der Waals surface area contributed by atoms with Gasteiger partial charge in [0.1, 0.15) is 0 Å². The topological polar surface area (TPSA) is 103 Å². The van der Waals surface area contributed by atoms with Gasteiger partial charge in [-0.2, -0.15) is 8.42 Å². The van der Waals surface area contributed by atoms with Crippen molar-refractivity contribution in [3.05, 3.63) is 39.8 Å². The Balaban J connectivity index is 3.32. The fraction of sp³-hybridized carbons (Fsp3) is 0.250. The van der Waals surface area contributed by atoms with Crippen LogP contribution in [0.25, 0.3) is 10.4 Å². The molecule has 0 bridgehead atoms. The van der Waals surface area contributed by atoms with Crippen LogP contribution in [0.15, 0.2) is 28.2 Å². The quantitative estimate of drug-likeness (QED) is 0.370. The molecule has 0 heterocycles. The summed E-state index contributed by atoms with van der Waals surface area (Å²) in [6, 6.07) is 4.40. The van der Waals surface area contributed by atoms with E-state index in [1.54, 1.807) is 19.1 Å². The SMILES string of the molecule is Cc1ccc(S(=O)(=O)O)c(CN=[N+]=[N-])c1. The van der Waals surface area contributed by atoms with Gasteiger partial charge in [-0.15, -0.1) is 0 Å². The molecule has 0 atom stereocenters. The van der Waals surface area contributed by atoms with Gasteiger partial charge in [0.05, 0.1) is 11.4 Å². The average Bonchev–Trinajstić information content (AvgIpc) is 2.12. The Morgan fingerprint density at radius 1 is 1.53 bits per heavy atom. The van der Waals surface area contributed by atoms with E-state index in [1.165, 1.54) is 6.07 Å². The lowest BCUT2D eigenvalue weighted by atomic mass is 10.1. The van der Waals surface area contributed by atoms with Crippen molar-refractivity contribution < 1.29 is 13.0 Å². The Bertz CT molecular complexity index is 518. The number of rotatable bonds is 3. The molecule has 0 spiro atoms. The highest BCUT2D eigenvalue weighted by Crippen LogP contribution is 2.18. The van der Waals surface area contributed by atoms with Crippen molar-refractivity contribution in [1.82, 2.24) is 0 Å². The van der Waals surface area contributed by atoms with Gasteiger partial charge in [-0.05, 0) is 24.1 Å². The molecule has 6 nitrogen and oxygen atoms in total. The van der Waals surface area contributed by atoms with Gasteiger partial charge >= 0.3 is 0 Å². The van der Waals surface area contributed by atoms with Gasteiger partial charge in [-0.1, -0.05) is 22.8 Å². The minimum Gasteiger partial charge on any atom is -0.282 e. The fourth-order valence-corrected chi connectivity index (χ4v) is 1.89. The molecule has 0 saturated heterocycles. The minimum absolute atomic E-state index is 0.104. The lowest BCUT2D eigenvalue weighted by Gasteiger charge is -2.04. The van der Waals surface area contributed by atoms with Gasteiger partial charge < -0.3 is 0 Å². The molecule has 0 aliphatic heterocycles. The molecule has 0 aromatic heterocycles. The van der Waals surface area contributed by atoms with Crippen molar-refractivity contribution in [2.75, 3.05) is 0 Å². The molecule has 0 aliphatic carbocycles. The second-order valence-corrected chi connectivity index (χ2v) is 4.37. The van der Waals surface area contributed by atoms with E-state index < -0.39 is 10.1 Å². The highest BCUT2D eigenvalue weighted by Gasteiger charge is 2.14. The molecular weight excluding hydrogens is 218 g/mol. The number of nitrogens with zero attached hydrogens (tertiary/aromatic N) is 3. The van der Waals surface area contributed by atoms with Crippen LogP contribution < -0.4 is 0 Å². The molecule has 0 saturated carbocycles. The summed E-state index contributed by atoms with van der Waals surface area (Å²) in [5, 5.41) is 3.26. The highest BCUT2D eigenvalue weighted by atomic mass is 32.2. The first kappa shape index (κ1) is 11.5. The van der Waals surface area contributed by atoms with Gasteiger partial charge in [-0.25, -0.2) is 0 Å². The number of hydrogen-bond acceptors (Lipinski definition) is 3. The van der Waals surface area contributed by atoms with Crippen LogP contribution in [0.3, 0.4) is 0 Å². The first-order valence-electron chi connectivity index (χ1n) is 4.03. The first-order valence-corrected chi connectivity index (χ1v) is 5.47. The van der Waals surface area contributed by atoms with Crippen LogP contribution in [-0.2, 0) is 16.7 Å². The van der Waals surface area contributed by atoms with Crippen LogP contribution in [0.1, 0.15) is 11.1 Å². The molecule has 1 N–H and O–H groups in total. The summed E-state index contributed by atoms with van der Waals surface area (Å²) in [5.74, 6) is 0. The minimum atomic E-state index is -4.26. The Labute approximate surface area is 86.9 Å². The van der Waals surface area contributed by atoms with E-state index in [4.69, 9.17) is 10.1 Å². The second kappa shape index (κ2) is 4.31. The van der Waals surface area contributed by atoms with E-state index in [0.29, 0.717) is 0 Å². The highest BCUT2D eigenvalue weighted by molar-refractivity contribution is 7.85. The van der Waals surface area contributed by atoms with E-state index in [-0.39, 0.29) is 17.0 Å². The summed E-state index contributed by atoms with van der Waals surface area (Å²) >= 11 is 0. The third-order valence-corrected chi connectivity index (χ3v) is 2.75. The van der Waals surface area contributed by atoms with E-state index in [1.807, 2.05) is 0 Å². The summed E-state index contributed by atoms with van der Waals surface area (Å²) in [4.78, 5) is 2.31. The van der Waals surface area contributed by atoms with Crippen molar-refractivity contribution in [2.24, 2.45) is 5.11 Å². The van der Waals surface area contributed by atoms with Gasteiger partial charge in [0, 0.05) is 4.91 Å². The average molecular weight is 227 g/mol. The molecule has 0 fully saturated rings. The molecule has 0 amide bonds. The molecule has 1 aromatic rings. The fourth-order valence-electron chi connectivity index (χ4n) is 1.19. The predicted octanol–water partition coefficient (Wildman–Crippen LogP) is 2.05. The van der Waals surface area contributed by atoms with E-state index in [9.17, 15) is 8.42 Å². The van der Waals surface area contributed by atoms with Crippen molar-refractivity contribution >= 4 is 10.1 Å². The van der Waals surface area contributed by atoms with Crippen LogP contribution in [0.4, 0.5) is 0 Å². The van der Waals surface area contributed by atoms with E-state index in [0.717, 1.165) is 5.56 Å².